The van der Waals surface area contributed by atoms with Crippen LogP contribution in [0.1, 0.15) is 24.0 Å². The molecule has 0 spiro atoms. The molecule has 2 aromatic carbocycles. The van der Waals surface area contributed by atoms with Crippen molar-refractivity contribution >= 4 is 11.8 Å². The minimum Gasteiger partial charge on any atom is -0.405 e. The van der Waals surface area contributed by atoms with Gasteiger partial charge in [0.2, 0.25) is 0 Å². The fraction of sp³-hybridized carbons (Fsp3) is 0.167. The van der Waals surface area contributed by atoms with Crippen LogP contribution in [0.15, 0.2) is 83.6 Å². The Bertz CT molecular complexity index is 1090. The second kappa shape index (κ2) is 8.53. The predicted octanol–water partition coefficient (Wildman–Crippen LogP) is 6.31. The number of alkyl halides is 3. The zero-order valence-corrected chi connectivity index (χ0v) is 16.1. The second-order valence-corrected chi connectivity index (χ2v) is 6.91. The molecule has 0 radical (unpaired) electrons. The topological polar surface area (TPSA) is 34.5 Å². The summed E-state index contributed by atoms with van der Waals surface area (Å²) in [6.07, 6.45) is 2.65. The molecule has 30 heavy (non-hydrogen) atoms. The van der Waals surface area contributed by atoms with E-state index in [2.05, 4.69) is 14.7 Å². The van der Waals surface area contributed by atoms with Crippen molar-refractivity contribution < 1.29 is 17.9 Å². The van der Waals surface area contributed by atoms with Crippen LogP contribution in [0.4, 0.5) is 13.2 Å². The Morgan fingerprint density at radius 2 is 1.77 bits per heavy atom. The van der Waals surface area contributed by atoms with Crippen molar-refractivity contribution in [2.45, 2.75) is 19.2 Å². The zero-order valence-electron chi connectivity index (χ0n) is 16.1. The number of ether oxygens (including phenoxy) is 1. The van der Waals surface area contributed by atoms with Crippen LogP contribution in [0.2, 0.25) is 0 Å². The monoisotopic (exact) mass is 408 g/mol. The average molecular weight is 408 g/mol. The maximum absolute atomic E-state index is 12.8. The van der Waals surface area contributed by atoms with Crippen molar-refractivity contribution in [3.63, 3.8) is 0 Å². The van der Waals surface area contributed by atoms with E-state index in [0.717, 1.165) is 41.8 Å². The van der Waals surface area contributed by atoms with Crippen molar-refractivity contribution in [3.8, 4) is 16.9 Å². The molecule has 0 N–H and O–H groups in total. The summed E-state index contributed by atoms with van der Waals surface area (Å²) in [6.45, 7) is 0.768. The third kappa shape index (κ3) is 4.76. The number of rotatable bonds is 4. The van der Waals surface area contributed by atoms with Crippen LogP contribution < -0.4 is 4.74 Å². The maximum Gasteiger partial charge on any atom is 0.573 e. The molecule has 0 saturated carbocycles. The Balaban J connectivity index is 1.70. The van der Waals surface area contributed by atoms with Crippen LogP contribution in [-0.4, -0.2) is 23.6 Å². The highest BCUT2D eigenvalue weighted by Crippen LogP contribution is 2.34. The predicted molar refractivity (Wildman–Crippen MR) is 111 cm³/mol. The number of para-hydroxylation sites is 1. The smallest absolute Gasteiger partial charge is 0.405 e. The summed E-state index contributed by atoms with van der Waals surface area (Å²) in [6, 6.07) is 17.4. The van der Waals surface area contributed by atoms with Gasteiger partial charge in [0.05, 0.1) is 5.71 Å². The number of hydrogen-bond acceptors (Lipinski definition) is 3. The molecule has 0 unspecified atom stereocenters. The number of pyridine rings is 1. The highest BCUT2D eigenvalue weighted by molar-refractivity contribution is 6.15. The number of allylic oxidation sites excluding steroid dienone is 1. The third-order valence-corrected chi connectivity index (χ3v) is 4.76. The first kappa shape index (κ1) is 19.9. The molecule has 0 saturated heterocycles. The van der Waals surface area contributed by atoms with E-state index in [1.54, 1.807) is 30.6 Å². The first-order valence-electron chi connectivity index (χ1n) is 9.61. The van der Waals surface area contributed by atoms with Crippen LogP contribution >= 0.6 is 0 Å². The molecule has 1 aliphatic heterocycles. The Morgan fingerprint density at radius 3 is 2.57 bits per heavy atom. The molecule has 152 valence electrons. The van der Waals surface area contributed by atoms with Gasteiger partial charge < -0.3 is 4.74 Å². The number of aromatic nitrogens is 1. The van der Waals surface area contributed by atoms with Crippen molar-refractivity contribution in [3.05, 3.63) is 89.8 Å². The summed E-state index contributed by atoms with van der Waals surface area (Å²) in [5.41, 5.74) is 4.90. The molecule has 3 nitrogen and oxygen atoms in total. The fourth-order valence-electron chi connectivity index (χ4n) is 3.52. The average Bonchev–Trinajstić information content (AvgIpc) is 2.74. The molecule has 0 fully saturated rings. The highest BCUT2D eigenvalue weighted by Gasteiger charge is 2.32. The summed E-state index contributed by atoms with van der Waals surface area (Å²) >= 11 is 0. The van der Waals surface area contributed by atoms with Gasteiger partial charge in [-0.1, -0.05) is 36.4 Å². The second-order valence-electron chi connectivity index (χ2n) is 6.91. The summed E-state index contributed by atoms with van der Waals surface area (Å²) in [7, 11) is 0. The standard InChI is InChI=1S/C24H19F3N2O/c25-24(26,27)30-22-11-2-1-10-21(22)18-7-3-6-17(14-18)15-19-8-5-13-29-23(19)20-9-4-12-28-16-20/h1-4,6-7,9-12,14-16H,5,8,13H2/b19-15-. The van der Waals surface area contributed by atoms with E-state index in [1.807, 2.05) is 36.4 Å². The highest BCUT2D eigenvalue weighted by atomic mass is 19.4. The molecule has 0 aliphatic carbocycles. The maximum atomic E-state index is 12.8. The molecule has 1 aromatic heterocycles. The van der Waals surface area contributed by atoms with E-state index >= 15 is 0 Å². The van der Waals surface area contributed by atoms with Crippen molar-refractivity contribution in [1.29, 1.82) is 0 Å². The van der Waals surface area contributed by atoms with Crippen molar-refractivity contribution in [2.75, 3.05) is 6.54 Å². The largest absolute Gasteiger partial charge is 0.573 e. The SMILES string of the molecule is FC(F)(F)Oc1ccccc1-c1cccc(/C=C2/CCCN=C2c2cccnc2)c1. The quantitative estimate of drug-likeness (QED) is 0.507. The lowest BCUT2D eigenvalue weighted by Crippen LogP contribution is -2.17. The van der Waals surface area contributed by atoms with E-state index in [-0.39, 0.29) is 5.75 Å². The van der Waals surface area contributed by atoms with Crippen molar-refractivity contribution in [2.24, 2.45) is 4.99 Å². The third-order valence-electron chi connectivity index (χ3n) is 4.76. The first-order chi connectivity index (χ1) is 14.5. The van der Waals surface area contributed by atoms with E-state index < -0.39 is 6.36 Å². The number of halogens is 3. The Labute approximate surface area is 172 Å². The van der Waals surface area contributed by atoms with Gasteiger partial charge in [0.25, 0.3) is 0 Å². The van der Waals surface area contributed by atoms with Gasteiger partial charge in [0.1, 0.15) is 5.75 Å². The van der Waals surface area contributed by atoms with Gasteiger partial charge in [-0.2, -0.15) is 0 Å². The van der Waals surface area contributed by atoms with Gasteiger partial charge >= 0.3 is 6.36 Å². The Hall–Kier alpha value is -3.41. The van der Waals surface area contributed by atoms with Crippen LogP contribution in [0, 0.1) is 0 Å². The summed E-state index contributed by atoms with van der Waals surface area (Å²) in [5, 5.41) is 0. The number of hydrogen-bond donors (Lipinski definition) is 0. The Kier molecular flexibility index (Phi) is 5.65. The fourth-order valence-corrected chi connectivity index (χ4v) is 3.52. The first-order valence-corrected chi connectivity index (χ1v) is 9.61. The van der Waals surface area contributed by atoms with E-state index in [4.69, 9.17) is 0 Å². The zero-order chi connectivity index (χ0) is 21.0. The van der Waals surface area contributed by atoms with Gasteiger partial charge in [-0.25, -0.2) is 0 Å². The van der Waals surface area contributed by atoms with Crippen LogP contribution in [0.25, 0.3) is 17.2 Å². The lowest BCUT2D eigenvalue weighted by Gasteiger charge is -2.17. The molecule has 4 rings (SSSR count). The summed E-state index contributed by atoms with van der Waals surface area (Å²) in [5.74, 6) is -0.218. The lowest BCUT2D eigenvalue weighted by atomic mass is 9.94. The molecule has 3 aromatic rings. The molecule has 0 bridgehead atoms. The van der Waals surface area contributed by atoms with Crippen LogP contribution in [-0.2, 0) is 0 Å². The number of aliphatic imine (C=N–C) groups is 1. The molecule has 6 heteroatoms. The number of benzene rings is 2. The van der Waals surface area contributed by atoms with E-state index in [1.165, 1.54) is 12.1 Å². The minimum atomic E-state index is -4.74. The van der Waals surface area contributed by atoms with E-state index in [9.17, 15) is 13.2 Å². The van der Waals surface area contributed by atoms with E-state index in [0.29, 0.717) is 11.1 Å². The summed E-state index contributed by atoms with van der Waals surface area (Å²) in [4.78, 5) is 8.86. The Morgan fingerprint density at radius 1 is 0.933 bits per heavy atom. The molecular weight excluding hydrogens is 389 g/mol. The van der Waals surface area contributed by atoms with Crippen LogP contribution in [0.5, 0.6) is 5.75 Å². The molecular formula is C24H19F3N2O. The lowest BCUT2D eigenvalue weighted by molar-refractivity contribution is -0.274. The van der Waals surface area contributed by atoms with Crippen molar-refractivity contribution in [1.82, 2.24) is 4.98 Å². The van der Waals surface area contributed by atoms with Gasteiger partial charge in [-0.3, -0.25) is 9.98 Å². The van der Waals surface area contributed by atoms with Gasteiger partial charge in [-0.05, 0) is 59.9 Å². The van der Waals surface area contributed by atoms with Crippen LogP contribution in [0.3, 0.4) is 0 Å². The molecule has 1 aliphatic rings. The van der Waals surface area contributed by atoms with Gasteiger partial charge in [0.15, 0.2) is 0 Å². The normalized spacial score (nSPS) is 15.7. The number of nitrogens with zero attached hydrogens (tertiary/aromatic N) is 2. The molecule has 0 amide bonds. The molecule has 0 atom stereocenters. The summed E-state index contributed by atoms with van der Waals surface area (Å²) < 4.78 is 42.5. The minimum absolute atomic E-state index is 0.218. The van der Waals surface area contributed by atoms with Gasteiger partial charge in [0, 0.05) is 30.1 Å². The van der Waals surface area contributed by atoms with Gasteiger partial charge in [-0.15, -0.1) is 13.2 Å². The molecule has 2 heterocycles.